The zero-order valence-electron chi connectivity index (χ0n) is 9.31. The van der Waals surface area contributed by atoms with Crippen molar-refractivity contribution in [1.29, 1.82) is 0 Å². The lowest BCUT2D eigenvalue weighted by Gasteiger charge is -2.41. The fraction of sp³-hybridized carbons (Fsp3) is 1.00. The van der Waals surface area contributed by atoms with Crippen LogP contribution in [0.25, 0.3) is 0 Å². The molecule has 0 aromatic carbocycles. The van der Waals surface area contributed by atoms with Crippen molar-refractivity contribution in [1.82, 2.24) is 0 Å². The van der Waals surface area contributed by atoms with Crippen LogP contribution in [0.4, 0.5) is 0 Å². The van der Waals surface area contributed by atoms with E-state index in [1.165, 1.54) is 25.7 Å². The summed E-state index contributed by atoms with van der Waals surface area (Å²) in [6.07, 6.45) is 12.3. The first kappa shape index (κ1) is 9.55. The van der Waals surface area contributed by atoms with Gasteiger partial charge in [0, 0.05) is 0 Å². The fourth-order valence-corrected chi connectivity index (χ4v) is 3.34. The molecule has 1 spiro atoms. The molecule has 0 bridgehead atoms. The van der Waals surface area contributed by atoms with Gasteiger partial charge < -0.3 is 0 Å². The highest BCUT2D eigenvalue weighted by Gasteiger charge is 2.38. The lowest BCUT2D eigenvalue weighted by molar-refractivity contribution is 0.107. The van der Waals surface area contributed by atoms with Gasteiger partial charge in [0.1, 0.15) is 0 Å². The van der Waals surface area contributed by atoms with Gasteiger partial charge in [-0.25, -0.2) is 0 Å². The van der Waals surface area contributed by atoms with Crippen LogP contribution in [0.2, 0.25) is 0 Å². The van der Waals surface area contributed by atoms with Crippen LogP contribution in [0.15, 0.2) is 0 Å². The maximum atomic E-state index is 2.41. The van der Waals surface area contributed by atoms with Crippen LogP contribution in [0.3, 0.4) is 0 Å². The highest BCUT2D eigenvalue weighted by molar-refractivity contribution is 4.90. The van der Waals surface area contributed by atoms with E-state index in [2.05, 4.69) is 13.8 Å². The van der Waals surface area contributed by atoms with E-state index < -0.39 is 0 Å². The van der Waals surface area contributed by atoms with Gasteiger partial charge in [-0.3, -0.25) is 0 Å². The zero-order valence-corrected chi connectivity index (χ0v) is 9.31. The van der Waals surface area contributed by atoms with Crippen LogP contribution in [-0.4, -0.2) is 0 Å². The third-order valence-electron chi connectivity index (χ3n) is 4.68. The summed E-state index contributed by atoms with van der Waals surface area (Å²) in [7, 11) is 0. The molecule has 76 valence electrons. The quantitative estimate of drug-likeness (QED) is 0.561. The van der Waals surface area contributed by atoms with Gasteiger partial charge >= 0.3 is 0 Å². The van der Waals surface area contributed by atoms with Crippen molar-refractivity contribution in [2.24, 2.45) is 17.3 Å². The lowest BCUT2D eigenvalue weighted by atomic mass is 9.64. The van der Waals surface area contributed by atoms with Crippen molar-refractivity contribution >= 4 is 0 Å². The van der Waals surface area contributed by atoms with Crippen LogP contribution in [0, 0.1) is 17.3 Å². The molecule has 13 heavy (non-hydrogen) atoms. The van der Waals surface area contributed by atoms with Crippen molar-refractivity contribution in [3.8, 4) is 0 Å². The second-order valence-electron chi connectivity index (χ2n) is 5.79. The summed E-state index contributed by atoms with van der Waals surface area (Å²) in [6.45, 7) is 4.81. The molecule has 2 saturated carbocycles. The minimum absolute atomic E-state index is 0.851. The summed E-state index contributed by atoms with van der Waals surface area (Å²) < 4.78 is 0. The van der Waals surface area contributed by atoms with Gasteiger partial charge in [-0.15, -0.1) is 0 Å². The van der Waals surface area contributed by atoms with E-state index in [9.17, 15) is 0 Å². The summed E-state index contributed by atoms with van der Waals surface area (Å²) in [5.41, 5.74) is 0.851. The molecule has 2 aliphatic carbocycles. The Bertz CT molecular complexity index is 165. The van der Waals surface area contributed by atoms with Gasteiger partial charge in [0.15, 0.2) is 0 Å². The molecule has 0 nitrogen and oxygen atoms in total. The van der Waals surface area contributed by atoms with Crippen molar-refractivity contribution in [2.75, 3.05) is 0 Å². The van der Waals surface area contributed by atoms with E-state index in [-0.39, 0.29) is 0 Å². The second-order valence-corrected chi connectivity index (χ2v) is 5.79. The summed E-state index contributed by atoms with van der Waals surface area (Å²) in [5, 5.41) is 0. The van der Waals surface area contributed by atoms with Crippen molar-refractivity contribution in [2.45, 2.75) is 65.2 Å². The molecule has 0 aromatic rings. The Kier molecular flexibility index (Phi) is 2.67. The Morgan fingerprint density at radius 1 is 0.923 bits per heavy atom. The maximum Gasteiger partial charge on any atom is -0.0297 e. The normalized spacial score (nSPS) is 33.0. The molecule has 0 radical (unpaired) electrons. The van der Waals surface area contributed by atoms with Crippen molar-refractivity contribution in [3.63, 3.8) is 0 Å². The summed E-state index contributed by atoms with van der Waals surface area (Å²) >= 11 is 0. The Balaban J connectivity index is 1.90. The van der Waals surface area contributed by atoms with Gasteiger partial charge in [0.05, 0.1) is 0 Å². The fourth-order valence-electron chi connectivity index (χ4n) is 3.34. The minimum Gasteiger partial charge on any atom is -0.0625 e. The number of hydrogen-bond acceptors (Lipinski definition) is 0. The van der Waals surface area contributed by atoms with Gasteiger partial charge in [-0.1, -0.05) is 33.1 Å². The van der Waals surface area contributed by atoms with Crippen LogP contribution in [0.1, 0.15) is 65.2 Å². The molecule has 1 atom stereocenters. The molecule has 0 amide bonds. The molecule has 2 aliphatic rings. The summed E-state index contributed by atoms with van der Waals surface area (Å²) in [4.78, 5) is 0. The molecule has 1 unspecified atom stereocenters. The van der Waals surface area contributed by atoms with E-state index in [0.29, 0.717) is 0 Å². The van der Waals surface area contributed by atoms with Crippen molar-refractivity contribution < 1.29 is 0 Å². The highest BCUT2D eigenvalue weighted by atomic mass is 14.4. The van der Waals surface area contributed by atoms with Crippen LogP contribution in [-0.2, 0) is 0 Å². The monoisotopic (exact) mass is 180 g/mol. The summed E-state index contributed by atoms with van der Waals surface area (Å²) in [5.74, 6) is 1.97. The third kappa shape index (κ3) is 1.92. The molecule has 0 heteroatoms. The average Bonchev–Trinajstić information content (AvgIpc) is 2.24. The zero-order chi connectivity index (χ0) is 9.31. The van der Waals surface area contributed by atoms with Crippen molar-refractivity contribution in [3.05, 3.63) is 0 Å². The predicted octanol–water partition coefficient (Wildman–Crippen LogP) is 4.39. The van der Waals surface area contributed by atoms with Gasteiger partial charge in [0.25, 0.3) is 0 Å². The first-order valence-electron chi connectivity index (χ1n) is 6.22. The molecular weight excluding hydrogens is 156 g/mol. The standard InChI is InChI=1S/C13H24/c1-11(2)12-5-3-7-13(10-6-12)8-4-9-13/h11-12H,3-10H2,1-2H3. The topological polar surface area (TPSA) is 0 Å². The first-order chi connectivity index (χ1) is 6.22. The largest absolute Gasteiger partial charge is 0.0625 e. The molecular formula is C13H24. The van der Waals surface area contributed by atoms with E-state index >= 15 is 0 Å². The van der Waals surface area contributed by atoms with Gasteiger partial charge in [-0.2, -0.15) is 0 Å². The molecule has 0 saturated heterocycles. The average molecular weight is 180 g/mol. The van der Waals surface area contributed by atoms with E-state index in [0.717, 1.165) is 17.3 Å². The SMILES string of the molecule is CC(C)C1CCCC2(CCC2)CC1. The summed E-state index contributed by atoms with van der Waals surface area (Å²) in [6, 6.07) is 0. The van der Waals surface area contributed by atoms with E-state index in [4.69, 9.17) is 0 Å². The molecule has 2 fully saturated rings. The van der Waals surface area contributed by atoms with Gasteiger partial charge in [0.2, 0.25) is 0 Å². The molecule has 2 rings (SSSR count). The van der Waals surface area contributed by atoms with Gasteiger partial charge in [-0.05, 0) is 49.4 Å². The van der Waals surface area contributed by atoms with Crippen LogP contribution >= 0.6 is 0 Å². The Hall–Kier alpha value is 0. The Morgan fingerprint density at radius 2 is 1.62 bits per heavy atom. The minimum atomic E-state index is 0.851. The van der Waals surface area contributed by atoms with E-state index in [1.807, 2.05) is 0 Å². The Morgan fingerprint density at radius 3 is 2.15 bits per heavy atom. The highest BCUT2D eigenvalue weighted by Crippen LogP contribution is 2.51. The van der Waals surface area contributed by atoms with E-state index in [1.54, 1.807) is 25.7 Å². The van der Waals surface area contributed by atoms with Crippen LogP contribution < -0.4 is 0 Å². The number of rotatable bonds is 1. The van der Waals surface area contributed by atoms with Crippen LogP contribution in [0.5, 0.6) is 0 Å². The smallest absolute Gasteiger partial charge is 0.0297 e. The molecule has 0 N–H and O–H groups in total. The molecule has 0 aromatic heterocycles. The Labute approximate surface area is 83.1 Å². The first-order valence-corrected chi connectivity index (χ1v) is 6.22. The predicted molar refractivity (Wildman–Crippen MR) is 57.7 cm³/mol. The second kappa shape index (κ2) is 3.63. The molecule has 0 aliphatic heterocycles. The third-order valence-corrected chi connectivity index (χ3v) is 4.68. The molecule has 0 heterocycles. The lowest BCUT2D eigenvalue weighted by Crippen LogP contribution is -2.28. The number of hydrogen-bond donors (Lipinski definition) is 0. The maximum absolute atomic E-state index is 2.41.